The van der Waals surface area contributed by atoms with Crippen molar-refractivity contribution >= 4 is 15.9 Å². The van der Waals surface area contributed by atoms with E-state index in [0.29, 0.717) is 11.9 Å². The molecule has 1 aromatic heterocycles. The fraction of sp³-hybridized carbons (Fsp3) is 0.312. The number of nitrogens with zero attached hydrogens (tertiary/aromatic N) is 1. The summed E-state index contributed by atoms with van der Waals surface area (Å²) in [7, 11) is 0. The number of halogens is 1. The van der Waals surface area contributed by atoms with Crippen LogP contribution in [0.4, 0.5) is 0 Å². The van der Waals surface area contributed by atoms with Crippen molar-refractivity contribution in [1.82, 2.24) is 10.3 Å². The first-order valence-corrected chi connectivity index (χ1v) is 7.63. The Labute approximate surface area is 127 Å². The second kappa shape index (κ2) is 5.94. The third-order valence-electron chi connectivity index (χ3n) is 3.35. The summed E-state index contributed by atoms with van der Waals surface area (Å²) in [6, 6.07) is 10.6. The van der Waals surface area contributed by atoms with E-state index in [1.165, 1.54) is 12.8 Å². The summed E-state index contributed by atoms with van der Waals surface area (Å²) in [5.74, 6) is 1.50. The SMILES string of the molecule is Cc1cc(Oc2ncccc2CNC2CC2)ccc1Br. The summed E-state index contributed by atoms with van der Waals surface area (Å²) in [6.07, 6.45) is 4.33. The van der Waals surface area contributed by atoms with E-state index in [9.17, 15) is 0 Å². The predicted octanol–water partition coefficient (Wildman–Crippen LogP) is 4.20. The Morgan fingerprint density at radius 1 is 1.35 bits per heavy atom. The standard InChI is InChI=1S/C16H17BrN2O/c1-11-9-14(6-7-15(11)17)20-16-12(3-2-8-18-16)10-19-13-4-5-13/h2-3,6-9,13,19H,4-5,10H2,1H3. The molecule has 1 N–H and O–H groups in total. The van der Waals surface area contributed by atoms with Crippen LogP contribution in [0.15, 0.2) is 41.0 Å². The summed E-state index contributed by atoms with van der Waals surface area (Å²) in [5, 5.41) is 3.49. The van der Waals surface area contributed by atoms with Crippen molar-refractivity contribution in [2.24, 2.45) is 0 Å². The van der Waals surface area contributed by atoms with Gasteiger partial charge in [-0.2, -0.15) is 0 Å². The highest BCUT2D eigenvalue weighted by molar-refractivity contribution is 9.10. The number of benzene rings is 1. The number of hydrogen-bond donors (Lipinski definition) is 1. The maximum atomic E-state index is 5.93. The number of hydrogen-bond acceptors (Lipinski definition) is 3. The van der Waals surface area contributed by atoms with E-state index < -0.39 is 0 Å². The average molecular weight is 333 g/mol. The van der Waals surface area contributed by atoms with Gasteiger partial charge in [0.05, 0.1) is 0 Å². The molecule has 0 unspecified atom stereocenters. The zero-order valence-corrected chi connectivity index (χ0v) is 13.0. The van der Waals surface area contributed by atoms with Gasteiger partial charge in [0.2, 0.25) is 5.88 Å². The van der Waals surface area contributed by atoms with Crippen molar-refractivity contribution in [2.45, 2.75) is 32.4 Å². The molecule has 0 bridgehead atoms. The molecule has 20 heavy (non-hydrogen) atoms. The molecular formula is C16H17BrN2O. The topological polar surface area (TPSA) is 34.1 Å². The lowest BCUT2D eigenvalue weighted by Gasteiger charge is -2.11. The van der Waals surface area contributed by atoms with E-state index in [4.69, 9.17) is 4.74 Å². The Morgan fingerprint density at radius 3 is 2.95 bits per heavy atom. The lowest BCUT2D eigenvalue weighted by Crippen LogP contribution is -2.16. The molecule has 1 aliphatic rings. The molecule has 3 rings (SSSR count). The maximum Gasteiger partial charge on any atom is 0.223 e. The van der Waals surface area contributed by atoms with Crippen molar-refractivity contribution in [3.05, 3.63) is 52.1 Å². The van der Waals surface area contributed by atoms with Crippen molar-refractivity contribution in [1.29, 1.82) is 0 Å². The van der Waals surface area contributed by atoms with E-state index in [2.05, 4.69) is 32.3 Å². The second-order valence-corrected chi connectivity index (χ2v) is 5.99. The second-order valence-electron chi connectivity index (χ2n) is 5.14. The van der Waals surface area contributed by atoms with Crippen molar-refractivity contribution in [3.8, 4) is 11.6 Å². The summed E-state index contributed by atoms with van der Waals surface area (Å²) < 4.78 is 7.01. The van der Waals surface area contributed by atoms with Gasteiger partial charge < -0.3 is 10.1 Å². The number of aryl methyl sites for hydroxylation is 1. The maximum absolute atomic E-state index is 5.93. The van der Waals surface area contributed by atoms with Crippen LogP contribution in [0.2, 0.25) is 0 Å². The Kier molecular flexibility index (Phi) is 4.03. The van der Waals surface area contributed by atoms with Crippen LogP contribution in [0.5, 0.6) is 11.6 Å². The number of aromatic nitrogens is 1. The summed E-state index contributed by atoms with van der Waals surface area (Å²) in [4.78, 5) is 4.35. The van der Waals surface area contributed by atoms with Gasteiger partial charge in [0.15, 0.2) is 0 Å². The largest absolute Gasteiger partial charge is 0.439 e. The van der Waals surface area contributed by atoms with Gasteiger partial charge in [-0.1, -0.05) is 22.0 Å². The summed E-state index contributed by atoms with van der Waals surface area (Å²) in [5.41, 5.74) is 2.25. The van der Waals surface area contributed by atoms with Gasteiger partial charge in [0, 0.05) is 28.8 Å². The Hall–Kier alpha value is -1.39. The summed E-state index contributed by atoms with van der Waals surface area (Å²) >= 11 is 3.50. The van der Waals surface area contributed by atoms with Crippen LogP contribution in [0.3, 0.4) is 0 Å². The molecule has 1 aliphatic carbocycles. The van der Waals surface area contributed by atoms with Crippen molar-refractivity contribution < 1.29 is 4.74 Å². The molecule has 1 aromatic carbocycles. The van der Waals surface area contributed by atoms with Crippen LogP contribution in [-0.4, -0.2) is 11.0 Å². The van der Waals surface area contributed by atoms with E-state index in [0.717, 1.165) is 27.9 Å². The Balaban J connectivity index is 1.76. The van der Waals surface area contributed by atoms with Crippen molar-refractivity contribution in [2.75, 3.05) is 0 Å². The van der Waals surface area contributed by atoms with Gasteiger partial charge in [-0.05, 0) is 49.6 Å². The molecule has 1 fully saturated rings. The van der Waals surface area contributed by atoms with Gasteiger partial charge in [-0.3, -0.25) is 0 Å². The Bertz CT molecular complexity index is 611. The monoisotopic (exact) mass is 332 g/mol. The van der Waals surface area contributed by atoms with Crippen molar-refractivity contribution in [3.63, 3.8) is 0 Å². The Morgan fingerprint density at radius 2 is 2.20 bits per heavy atom. The van der Waals surface area contributed by atoms with Crippen LogP contribution in [0.1, 0.15) is 24.0 Å². The number of rotatable bonds is 5. The average Bonchev–Trinajstić information content (AvgIpc) is 3.26. The molecule has 0 atom stereocenters. The van der Waals surface area contributed by atoms with E-state index in [1.807, 2.05) is 31.2 Å². The van der Waals surface area contributed by atoms with Gasteiger partial charge in [0.25, 0.3) is 0 Å². The molecular weight excluding hydrogens is 316 g/mol. The molecule has 2 aromatic rings. The molecule has 0 saturated heterocycles. The number of nitrogens with one attached hydrogen (secondary N) is 1. The normalized spacial score (nSPS) is 14.3. The van der Waals surface area contributed by atoms with E-state index in [1.54, 1.807) is 6.20 Å². The van der Waals surface area contributed by atoms with Crippen LogP contribution in [0, 0.1) is 6.92 Å². The quantitative estimate of drug-likeness (QED) is 0.891. The van der Waals surface area contributed by atoms with Gasteiger partial charge in [0.1, 0.15) is 5.75 Å². The number of pyridine rings is 1. The number of ether oxygens (including phenoxy) is 1. The third kappa shape index (κ3) is 3.38. The molecule has 1 saturated carbocycles. The first-order valence-electron chi connectivity index (χ1n) is 6.83. The van der Waals surface area contributed by atoms with Crippen LogP contribution >= 0.6 is 15.9 Å². The molecule has 4 heteroatoms. The van der Waals surface area contributed by atoms with E-state index >= 15 is 0 Å². The molecule has 104 valence electrons. The fourth-order valence-electron chi connectivity index (χ4n) is 1.98. The van der Waals surface area contributed by atoms with Crippen LogP contribution < -0.4 is 10.1 Å². The highest BCUT2D eigenvalue weighted by Crippen LogP contribution is 2.27. The van der Waals surface area contributed by atoms with Gasteiger partial charge in [-0.25, -0.2) is 4.98 Å². The molecule has 0 radical (unpaired) electrons. The zero-order chi connectivity index (χ0) is 13.9. The van der Waals surface area contributed by atoms with E-state index in [-0.39, 0.29) is 0 Å². The predicted molar refractivity (Wildman–Crippen MR) is 83.1 cm³/mol. The molecule has 0 aliphatic heterocycles. The highest BCUT2D eigenvalue weighted by atomic mass is 79.9. The lowest BCUT2D eigenvalue weighted by atomic mass is 10.2. The third-order valence-corrected chi connectivity index (χ3v) is 4.24. The molecule has 1 heterocycles. The van der Waals surface area contributed by atoms with Gasteiger partial charge >= 0.3 is 0 Å². The van der Waals surface area contributed by atoms with Gasteiger partial charge in [-0.15, -0.1) is 0 Å². The lowest BCUT2D eigenvalue weighted by molar-refractivity contribution is 0.452. The minimum Gasteiger partial charge on any atom is -0.439 e. The van der Waals surface area contributed by atoms with Crippen LogP contribution in [0.25, 0.3) is 0 Å². The first-order chi connectivity index (χ1) is 9.72. The minimum atomic E-state index is 0.679. The highest BCUT2D eigenvalue weighted by Gasteiger charge is 2.20. The summed E-state index contributed by atoms with van der Waals surface area (Å²) in [6.45, 7) is 2.86. The van der Waals surface area contributed by atoms with Crippen LogP contribution in [-0.2, 0) is 6.54 Å². The zero-order valence-electron chi connectivity index (χ0n) is 11.4. The molecule has 3 nitrogen and oxygen atoms in total. The smallest absolute Gasteiger partial charge is 0.223 e. The molecule has 0 amide bonds. The molecule has 0 spiro atoms. The minimum absolute atomic E-state index is 0.679. The fourth-order valence-corrected chi connectivity index (χ4v) is 2.23. The first kappa shape index (κ1) is 13.6.